The van der Waals surface area contributed by atoms with Crippen LogP contribution in [0.25, 0.3) is 0 Å². The summed E-state index contributed by atoms with van der Waals surface area (Å²) in [4.78, 5) is 13.6. The Bertz CT molecular complexity index is 671. The van der Waals surface area contributed by atoms with Crippen LogP contribution in [0.5, 0.6) is 0 Å². The number of carbonyl (C=O) groups excluding carboxylic acids is 1. The predicted molar refractivity (Wildman–Crippen MR) is 90.7 cm³/mol. The number of nitrogens with one attached hydrogen (secondary N) is 1. The molecule has 1 heterocycles. The highest BCUT2D eigenvalue weighted by Crippen LogP contribution is 2.38. The molecule has 0 atom stereocenters. The fourth-order valence-electron chi connectivity index (χ4n) is 2.90. The number of para-hydroxylation sites is 1. The lowest BCUT2D eigenvalue weighted by molar-refractivity contribution is 0.102. The minimum atomic E-state index is -0.103. The minimum Gasteiger partial charge on any atom is -0.466 e. The second-order valence-corrected chi connectivity index (χ2v) is 7.14. The summed E-state index contributed by atoms with van der Waals surface area (Å²) in [7, 11) is 0. The number of rotatable bonds is 4. The molecular weight excluding hydrogens is 294 g/mol. The standard InChI is InChI=1S/C18H21NO2S/c1-12-11-15(13(2)21-12)18(20)19-16-9-5-6-10-17(16)22-14-7-3-4-8-14/h5-6,9-11,14H,3-4,7-8H2,1-2H3,(H,19,20). The number of aryl methyl sites for hydroxylation is 2. The first-order valence-corrected chi connectivity index (χ1v) is 8.65. The molecule has 1 saturated carbocycles. The van der Waals surface area contributed by atoms with Crippen molar-refractivity contribution >= 4 is 23.4 Å². The maximum atomic E-state index is 12.5. The van der Waals surface area contributed by atoms with Crippen LogP contribution in [0.2, 0.25) is 0 Å². The molecule has 3 rings (SSSR count). The average Bonchev–Trinajstić information content (AvgIpc) is 3.10. The predicted octanol–water partition coefficient (Wildman–Crippen LogP) is 5.18. The third-order valence-corrected chi connectivity index (χ3v) is 5.43. The number of benzene rings is 1. The Morgan fingerprint density at radius 1 is 1.23 bits per heavy atom. The Kier molecular flexibility index (Phi) is 4.57. The van der Waals surface area contributed by atoms with Crippen molar-refractivity contribution in [2.75, 3.05) is 5.32 Å². The topological polar surface area (TPSA) is 42.2 Å². The van der Waals surface area contributed by atoms with E-state index in [-0.39, 0.29) is 5.91 Å². The number of furan rings is 1. The smallest absolute Gasteiger partial charge is 0.259 e. The average molecular weight is 315 g/mol. The highest BCUT2D eigenvalue weighted by Gasteiger charge is 2.19. The Morgan fingerprint density at radius 2 is 1.95 bits per heavy atom. The molecule has 1 aromatic heterocycles. The Balaban J connectivity index is 1.77. The van der Waals surface area contributed by atoms with Crippen molar-refractivity contribution in [1.29, 1.82) is 0 Å². The lowest BCUT2D eigenvalue weighted by atomic mass is 10.2. The Morgan fingerprint density at radius 3 is 2.64 bits per heavy atom. The zero-order chi connectivity index (χ0) is 15.5. The first-order valence-electron chi connectivity index (χ1n) is 7.77. The molecule has 3 nitrogen and oxygen atoms in total. The number of thioether (sulfide) groups is 1. The maximum Gasteiger partial charge on any atom is 0.259 e. The molecule has 1 aromatic carbocycles. The van der Waals surface area contributed by atoms with E-state index in [9.17, 15) is 4.79 Å². The van der Waals surface area contributed by atoms with Crippen molar-refractivity contribution in [3.05, 3.63) is 47.4 Å². The van der Waals surface area contributed by atoms with Crippen molar-refractivity contribution in [3.63, 3.8) is 0 Å². The molecule has 1 N–H and O–H groups in total. The van der Waals surface area contributed by atoms with Crippen LogP contribution >= 0.6 is 11.8 Å². The third kappa shape index (κ3) is 3.38. The van der Waals surface area contributed by atoms with Gasteiger partial charge in [0.1, 0.15) is 11.5 Å². The van der Waals surface area contributed by atoms with Gasteiger partial charge in [-0.3, -0.25) is 4.79 Å². The second kappa shape index (κ2) is 6.61. The summed E-state index contributed by atoms with van der Waals surface area (Å²) >= 11 is 1.89. The second-order valence-electron chi connectivity index (χ2n) is 5.80. The molecule has 22 heavy (non-hydrogen) atoms. The molecule has 1 fully saturated rings. The molecule has 1 aliphatic carbocycles. The van der Waals surface area contributed by atoms with Crippen LogP contribution in [0, 0.1) is 13.8 Å². The van der Waals surface area contributed by atoms with Crippen LogP contribution in [0.1, 0.15) is 47.6 Å². The van der Waals surface area contributed by atoms with E-state index in [1.165, 1.54) is 25.7 Å². The highest BCUT2D eigenvalue weighted by molar-refractivity contribution is 8.00. The lowest BCUT2D eigenvalue weighted by Crippen LogP contribution is -2.13. The lowest BCUT2D eigenvalue weighted by Gasteiger charge is -2.13. The monoisotopic (exact) mass is 315 g/mol. The SMILES string of the molecule is Cc1cc(C(=O)Nc2ccccc2SC2CCCC2)c(C)o1. The van der Waals surface area contributed by atoms with Gasteiger partial charge in [-0.2, -0.15) is 0 Å². The van der Waals surface area contributed by atoms with E-state index in [1.54, 1.807) is 6.07 Å². The first kappa shape index (κ1) is 15.2. The largest absolute Gasteiger partial charge is 0.466 e. The molecule has 1 aliphatic rings. The van der Waals surface area contributed by atoms with Crippen LogP contribution in [0.3, 0.4) is 0 Å². The zero-order valence-corrected chi connectivity index (χ0v) is 13.8. The summed E-state index contributed by atoms with van der Waals surface area (Å²) in [5.41, 5.74) is 1.50. The molecule has 0 saturated heterocycles. The van der Waals surface area contributed by atoms with Crippen molar-refractivity contribution in [2.24, 2.45) is 0 Å². The van der Waals surface area contributed by atoms with Gasteiger partial charge >= 0.3 is 0 Å². The number of hydrogen-bond acceptors (Lipinski definition) is 3. The number of anilines is 1. The van der Waals surface area contributed by atoms with E-state index in [1.807, 2.05) is 43.8 Å². The minimum absolute atomic E-state index is 0.103. The van der Waals surface area contributed by atoms with Crippen LogP contribution in [-0.2, 0) is 0 Å². The number of amides is 1. The molecular formula is C18H21NO2S. The molecule has 2 aromatic rings. The van der Waals surface area contributed by atoms with Gasteiger partial charge in [-0.1, -0.05) is 25.0 Å². The quantitative estimate of drug-likeness (QED) is 0.845. The summed E-state index contributed by atoms with van der Waals surface area (Å²) in [6.45, 7) is 3.68. The van der Waals surface area contributed by atoms with Gasteiger partial charge in [-0.05, 0) is 44.9 Å². The van der Waals surface area contributed by atoms with Gasteiger partial charge in [-0.25, -0.2) is 0 Å². The summed E-state index contributed by atoms with van der Waals surface area (Å²) in [6, 6.07) is 9.84. The Hall–Kier alpha value is -1.68. The normalized spacial score (nSPS) is 15.2. The molecule has 0 unspecified atom stereocenters. The van der Waals surface area contributed by atoms with Gasteiger partial charge < -0.3 is 9.73 Å². The molecule has 0 radical (unpaired) electrons. The van der Waals surface area contributed by atoms with Crippen molar-refractivity contribution in [2.45, 2.75) is 49.7 Å². The zero-order valence-electron chi connectivity index (χ0n) is 13.0. The number of hydrogen-bond donors (Lipinski definition) is 1. The van der Waals surface area contributed by atoms with E-state index in [0.29, 0.717) is 16.6 Å². The Labute approximate surface area is 135 Å². The van der Waals surface area contributed by atoms with Gasteiger partial charge in [0.25, 0.3) is 5.91 Å². The third-order valence-electron chi connectivity index (χ3n) is 4.02. The highest BCUT2D eigenvalue weighted by atomic mass is 32.2. The van der Waals surface area contributed by atoms with Gasteiger partial charge in [-0.15, -0.1) is 11.8 Å². The summed E-state index contributed by atoms with van der Waals surface area (Å²) in [5.74, 6) is 1.32. The van der Waals surface area contributed by atoms with Gasteiger partial charge in [0, 0.05) is 10.1 Å². The molecule has 1 amide bonds. The van der Waals surface area contributed by atoms with Gasteiger partial charge in [0.2, 0.25) is 0 Å². The van der Waals surface area contributed by atoms with Crippen LogP contribution in [-0.4, -0.2) is 11.2 Å². The molecule has 0 spiro atoms. The molecule has 0 aliphatic heterocycles. The van der Waals surface area contributed by atoms with E-state index in [2.05, 4.69) is 11.4 Å². The summed E-state index contributed by atoms with van der Waals surface area (Å²) < 4.78 is 5.45. The fourth-order valence-corrected chi connectivity index (χ4v) is 4.24. The van der Waals surface area contributed by atoms with Crippen LogP contribution < -0.4 is 5.32 Å². The summed E-state index contributed by atoms with van der Waals surface area (Å²) in [5, 5.41) is 3.71. The fraction of sp³-hybridized carbons (Fsp3) is 0.389. The maximum absolute atomic E-state index is 12.5. The first-order chi connectivity index (χ1) is 10.6. The number of carbonyl (C=O) groups is 1. The molecule has 4 heteroatoms. The molecule has 0 bridgehead atoms. The van der Waals surface area contributed by atoms with Gasteiger partial charge in [0.05, 0.1) is 11.3 Å². The van der Waals surface area contributed by atoms with Crippen molar-refractivity contribution in [3.8, 4) is 0 Å². The van der Waals surface area contributed by atoms with E-state index >= 15 is 0 Å². The van der Waals surface area contributed by atoms with Crippen molar-refractivity contribution < 1.29 is 9.21 Å². The van der Waals surface area contributed by atoms with E-state index < -0.39 is 0 Å². The summed E-state index contributed by atoms with van der Waals surface area (Å²) in [6.07, 6.45) is 5.18. The van der Waals surface area contributed by atoms with E-state index in [4.69, 9.17) is 4.42 Å². The van der Waals surface area contributed by atoms with Crippen LogP contribution in [0.15, 0.2) is 39.6 Å². The van der Waals surface area contributed by atoms with Crippen molar-refractivity contribution in [1.82, 2.24) is 0 Å². The van der Waals surface area contributed by atoms with Crippen LogP contribution in [0.4, 0.5) is 5.69 Å². The molecule has 116 valence electrons. The van der Waals surface area contributed by atoms with E-state index in [0.717, 1.165) is 16.3 Å². The van der Waals surface area contributed by atoms with Gasteiger partial charge in [0.15, 0.2) is 0 Å².